The summed E-state index contributed by atoms with van der Waals surface area (Å²) in [6.45, 7) is 0. The van der Waals surface area contributed by atoms with Crippen molar-refractivity contribution in [1.29, 1.82) is 0 Å². The molecule has 0 radical (unpaired) electrons. The van der Waals surface area contributed by atoms with Crippen molar-refractivity contribution in [1.82, 2.24) is 0 Å². The van der Waals surface area contributed by atoms with Crippen LogP contribution in [0, 0.1) is 0 Å². The topological polar surface area (TPSA) is 43.4 Å². The molecule has 0 fully saturated rings. The summed E-state index contributed by atoms with van der Waals surface area (Å²) in [7, 11) is -1.79. The maximum Gasteiger partial charge on any atom is 0.179 e. The predicted octanol–water partition coefficient (Wildman–Crippen LogP) is 2.25. The molecule has 16 heavy (non-hydrogen) atoms. The third-order valence-electron chi connectivity index (χ3n) is 2.43. The number of hydrogen-bond donors (Lipinski definition) is 0. The van der Waals surface area contributed by atoms with Crippen molar-refractivity contribution < 1.29 is 13.2 Å². The second-order valence-electron chi connectivity index (χ2n) is 3.62. The van der Waals surface area contributed by atoms with Crippen molar-refractivity contribution in [2.24, 2.45) is 0 Å². The van der Waals surface area contributed by atoms with Crippen LogP contribution in [0.5, 0.6) is 5.75 Å². The van der Waals surface area contributed by atoms with Crippen molar-refractivity contribution in [3.8, 4) is 5.75 Å². The molecule has 0 saturated heterocycles. The van der Waals surface area contributed by atoms with Crippen molar-refractivity contribution in [2.45, 2.75) is 4.90 Å². The predicted molar refractivity (Wildman–Crippen MR) is 63.6 cm³/mol. The number of hydrogen-bond acceptors (Lipinski definition) is 3. The van der Waals surface area contributed by atoms with Gasteiger partial charge in [-0.15, -0.1) is 0 Å². The normalized spacial score (nSPS) is 11.6. The molecule has 0 N–H and O–H groups in total. The third-order valence-corrected chi connectivity index (χ3v) is 3.55. The Morgan fingerprint density at radius 2 is 1.62 bits per heavy atom. The molecule has 0 spiro atoms. The van der Waals surface area contributed by atoms with E-state index in [9.17, 15) is 8.42 Å². The number of rotatable bonds is 2. The van der Waals surface area contributed by atoms with E-state index in [1.165, 1.54) is 13.4 Å². The lowest BCUT2D eigenvalue weighted by Gasteiger charge is -2.08. The van der Waals surface area contributed by atoms with Crippen molar-refractivity contribution in [3.05, 3.63) is 36.4 Å². The van der Waals surface area contributed by atoms with Gasteiger partial charge in [-0.25, -0.2) is 8.42 Å². The first-order chi connectivity index (χ1) is 7.52. The fraction of sp³-hybridized carbons (Fsp3) is 0.167. The van der Waals surface area contributed by atoms with Gasteiger partial charge in [0.2, 0.25) is 0 Å². The van der Waals surface area contributed by atoms with Gasteiger partial charge >= 0.3 is 0 Å². The quantitative estimate of drug-likeness (QED) is 0.803. The van der Waals surface area contributed by atoms with E-state index in [-0.39, 0.29) is 4.90 Å². The largest absolute Gasteiger partial charge is 0.495 e. The summed E-state index contributed by atoms with van der Waals surface area (Å²) in [5.41, 5.74) is 0. The van der Waals surface area contributed by atoms with E-state index >= 15 is 0 Å². The molecule has 84 valence electrons. The zero-order chi connectivity index (χ0) is 11.8. The van der Waals surface area contributed by atoms with Crippen LogP contribution >= 0.6 is 0 Å². The summed E-state index contributed by atoms with van der Waals surface area (Å²) < 4.78 is 28.3. The molecule has 0 unspecified atom stereocenters. The number of methoxy groups -OCH3 is 1. The van der Waals surface area contributed by atoms with Gasteiger partial charge in [0.25, 0.3) is 0 Å². The number of fused-ring (bicyclic) bond motifs is 1. The van der Waals surface area contributed by atoms with Crippen molar-refractivity contribution >= 4 is 20.6 Å². The smallest absolute Gasteiger partial charge is 0.179 e. The van der Waals surface area contributed by atoms with Gasteiger partial charge < -0.3 is 4.74 Å². The summed E-state index contributed by atoms with van der Waals surface area (Å²) in [6, 6.07) is 11.0. The van der Waals surface area contributed by atoms with E-state index in [0.717, 1.165) is 10.8 Å². The van der Waals surface area contributed by atoms with E-state index in [2.05, 4.69) is 0 Å². The highest BCUT2D eigenvalue weighted by Crippen LogP contribution is 2.29. The first-order valence-corrected chi connectivity index (χ1v) is 6.68. The highest BCUT2D eigenvalue weighted by Gasteiger charge is 2.14. The average Bonchev–Trinajstić information content (AvgIpc) is 2.26. The van der Waals surface area contributed by atoms with Gasteiger partial charge in [-0.2, -0.15) is 0 Å². The number of ether oxygens (including phenoxy) is 1. The summed E-state index contributed by atoms with van der Waals surface area (Å²) in [4.78, 5) is 0.230. The lowest BCUT2D eigenvalue weighted by atomic mass is 10.1. The van der Waals surface area contributed by atoms with E-state index in [4.69, 9.17) is 4.74 Å². The van der Waals surface area contributed by atoms with Crippen LogP contribution < -0.4 is 4.74 Å². The van der Waals surface area contributed by atoms with E-state index < -0.39 is 9.84 Å². The molecule has 0 amide bonds. The highest BCUT2D eigenvalue weighted by atomic mass is 32.2. The van der Waals surface area contributed by atoms with Crippen molar-refractivity contribution in [3.63, 3.8) is 0 Å². The molecular weight excluding hydrogens is 224 g/mol. The minimum Gasteiger partial charge on any atom is -0.495 e. The van der Waals surface area contributed by atoms with Crippen LogP contribution in [-0.4, -0.2) is 21.8 Å². The standard InChI is InChI=1S/C12H12O3S/c1-15-11-7-9-5-3-4-6-10(9)8-12(11)16(2,13)14/h3-8H,1-2H3. The SMILES string of the molecule is COc1cc2ccccc2cc1S(C)(=O)=O. The maximum atomic E-state index is 11.6. The first kappa shape index (κ1) is 11.0. The molecule has 2 aromatic carbocycles. The molecule has 0 aliphatic rings. The Hall–Kier alpha value is -1.55. The van der Waals surface area contributed by atoms with Crippen LogP contribution in [-0.2, 0) is 9.84 Å². The summed E-state index contributed by atoms with van der Waals surface area (Å²) in [5, 5.41) is 1.86. The Labute approximate surface area is 94.6 Å². The molecule has 2 aromatic rings. The van der Waals surface area contributed by atoms with Crippen LogP contribution in [0.4, 0.5) is 0 Å². The molecule has 0 bridgehead atoms. The van der Waals surface area contributed by atoms with Gasteiger partial charge in [0.1, 0.15) is 10.6 Å². The minimum absolute atomic E-state index is 0.230. The Morgan fingerprint density at radius 1 is 1.06 bits per heavy atom. The molecule has 2 rings (SSSR count). The molecule has 0 aliphatic carbocycles. The van der Waals surface area contributed by atoms with Gasteiger partial charge in [-0.3, -0.25) is 0 Å². The van der Waals surface area contributed by atoms with Gasteiger partial charge in [-0.1, -0.05) is 24.3 Å². The summed E-state index contributed by atoms with van der Waals surface area (Å²) in [6.07, 6.45) is 1.18. The van der Waals surface area contributed by atoms with E-state index in [0.29, 0.717) is 5.75 Å². The van der Waals surface area contributed by atoms with Crippen LogP contribution in [0.15, 0.2) is 41.3 Å². The molecule has 4 heteroatoms. The van der Waals surface area contributed by atoms with Crippen molar-refractivity contribution in [2.75, 3.05) is 13.4 Å². The Kier molecular flexibility index (Phi) is 2.59. The van der Waals surface area contributed by atoms with Crippen LogP contribution in [0.1, 0.15) is 0 Å². The summed E-state index contributed by atoms with van der Waals surface area (Å²) in [5.74, 6) is 0.390. The van der Waals surface area contributed by atoms with Crippen LogP contribution in [0.2, 0.25) is 0 Å². The van der Waals surface area contributed by atoms with Gasteiger partial charge in [-0.05, 0) is 22.9 Å². The molecule has 0 aromatic heterocycles. The molecule has 0 saturated carbocycles. The first-order valence-electron chi connectivity index (χ1n) is 4.79. The molecule has 3 nitrogen and oxygen atoms in total. The fourth-order valence-corrected chi connectivity index (χ4v) is 2.50. The number of sulfone groups is 1. The lowest BCUT2D eigenvalue weighted by Crippen LogP contribution is -2.00. The van der Waals surface area contributed by atoms with Gasteiger partial charge in [0.05, 0.1) is 7.11 Å². The second-order valence-corrected chi connectivity index (χ2v) is 5.61. The molecule has 0 atom stereocenters. The molecule has 0 aliphatic heterocycles. The molecule has 0 heterocycles. The fourth-order valence-electron chi connectivity index (χ4n) is 1.65. The lowest BCUT2D eigenvalue weighted by molar-refractivity contribution is 0.403. The van der Waals surface area contributed by atoms with E-state index in [1.807, 2.05) is 24.3 Å². The monoisotopic (exact) mass is 236 g/mol. The highest BCUT2D eigenvalue weighted by molar-refractivity contribution is 7.90. The zero-order valence-electron chi connectivity index (χ0n) is 9.10. The van der Waals surface area contributed by atoms with E-state index in [1.54, 1.807) is 12.1 Å². The Bertz CT molecular complexity index is 630. The summed E-state index contributed by atoms with van der Waals surface area (Å²) >= 11 is 0. The third kappa shape index (κ3) is 1.88. The van der Waals surface area contributed by atoms with Gasteiger partial charge in [0, 0.05) is 6.26 Å². The zero-order valence-corrected chi connectivity index (χ0v) is 9.91. The minimum atomic E-state index is -3.26. The average molecular weight is 236 g/mol. The Morgan fingerprint density at radius 3 is 2.12 bits per heavy atom. The van der Waals surface area contributed by atoms with Gasteiger partial charge in [0.15, 0.2) is 9.84 Å². The number of benzene rings is 2. The maximum absolute atomic E-state index is 11.6. The second kappa shape index (κ2) is 3.79. The molecular formula is C12H12O3S. The van der Waals surface area contributed by atoms with Crippen LogP contribution in [0.25, 0.3) is 10.8 Å². The Balaban J connectivity index is 2.83. The van der Waals surface area contributed by atoms with Crippen LogP contribution in [0.3, 0.4) is 0 Å².